The highest BCUT2D eigenvalue weighted by atomic mass is 16.5. The van der Waals surface area contributed by atoms with Crippen LogP contribution < -0.4 is 5.32 Å². The van der Waals surface area contributed by atoms with Crippen molar-refractivity contribution in [3.05, 3.63) is 5.82 Å². The van der Waals surface area contributed by atoms with Crippen LogP contribution in [0.5, 0.6) is 0 Å². The molecule has 3 rings (SSSR count). The summed E-state index contributed by atoms with van der Waals surface area (Å²) in [5, 5.41) is 7.31. The number of fused-ring (bicyclic) bond motifs is 1. The van der Waals surface area contributed by atoms with E-state index in [-0.39, 0.29) is 17.9 Å². The van der Waals surface area contributed by atoms with E-state index < -0.39 is 0 Å². The first kappa shape index (κ1) is 15.4. The van der Waals surface area contributed by atoms with Crippen LogP contribution in [0.3, 0.4) is 0 Å². The van der Waals surface area contributed by atoms with Crippen LogP contribution in [0.4, 0.5) is 5.95 Å². The van der Waals surface area contributed by atoms with Crippen molar-refractivity contribution >= 4 is 11.9 Å². The molecule has 1 aromatic rings. The van der Waals surface area contributed by atoms with Crippen LogP contribution in [0.15, 0.2) is 0 Å². The minimum atomic E-state index is -0.0703. The second-order valence-corrected chi connectivity index (χ2v) is 6.44. The lowest BCUT2D eigenvalue weighted by Crippen LogP contribution is -2.49. The average molecular weight is 307 g/mol. The fraction of sp³-hybridized carbons (Fsp3) is 0.800. The molecule has 22 heavy (non-hydrogen) atoms. The van der Waals surface area contributed by atoms with Gasteiger partial charge in [0.15, 0.2) is 0 Å². The van der Waals surface area contributed by atoms with Gasteiger partial charge in [0.1, 0.15) is 5.82 Å². The molecular formula is C15H25N5O2. The number of aromatic nitrogens is 3. The van der Waals surface area contributed by atoms with Gasteiger partial charge >= 0.3 is 0 Å². The Kier molecular flexibility index (Phi) is 4.44. The van der Waals surface area contributed by atoms with Gasteiger partial charge in [-0.3, -0.25) is 15.0 Å². The van der Waals surface area contributed by atoms with E-state index in [1.54, 1.807) is 0 Å². The molecular weight excluding hydrogens is 282 g/mol. The summed E-state index contributed by atoms with van der Waals surface area (Å²) >= 11 is 0. The Hall–Kier alpha value is -1.47. The van der Waals surface area contributed by atoms with Crippen molar-refractivity contribution in [2.24, 2.45) is 5.92 Å². The van der Waals surface area contributed by atoms with E-state index in [9.17, 15) is 4.79 Å². The summed E-state index contributed by atoms with van der Waals surface area (Å²) in [7, 11) is 0. The number of carbonyl (C=O) groups is 1. The molecule has 1 amide bonds. The lowest BCUT2D eigenvalue weighted by Gasteiger charge is -2.40. The van der Waals surface area contributed by atoms with Crippen molar-refractivity contribution in [2.75, 3.05) is 31.6 Å². The lowest BCUT2D eigenvalue weighted by atomic mass is 9.98. The highest BCUT2D eigenvalue weighted by Crippen LogP contribution is 2.28. The van der Waals surface area contributed by atoms with Gasteiger partial charge in [0.25, 0.3) is 0 Å². The van der Waals surface area contributed by atoms with Crippen LogP contribution in [-0.2, 0) is 16.0 Å². The number of rotatable bonds is 3. The first-order chi connectivity index (χ1) is 10.6. The Morgan fingerprint density at radius 1 is 1.36 bits per heavy atom. The maximum atomic E-state index is 11.8. The zero-order valence-corrected chi connectivity index (χ0v) is 13.6. The van der Waals surface area contributed by atoms with Gasteiger partial charge in [0.2, 0.25) is 11.9 Å². The highest BCUT2D eigenvalue weighted by Gasteiger charge is 2.33. The monoisotopic (exact) mass is 307 g/mol. The third kappa shape index (κ3) is 3.01. The SMILES string of the molecule is CC(C)C(=O)Nc1nc2n(n1)C(C)C(N1CCOCC1)CC2. The van der Waals surface area contributed by atoms with E-state index in [0.717, 1.165) is 45.0 Å². The van der Waals surface area contributed by atoms with Crippen molar-refractivity contribution in [2.45, 2.75) is 45.7 Å². The van der Waals surface area contributed by atoms with Crippen molar-refractivity contribution < 1.29 is 9.53 Å². The molecule has 2 aliphatic heterocycles. The van der Waals surface area contributed by atoms with Crippen LogP contribution in [0.25, 0.3) is 0 Å². The van der Waals surface area contributed by atoms with E-state index in [1.807, 2.05) is 18.5 Å². The van der Waals surface area contributed by atoms with Crippen LogP contribution in [-0.4, -0.2) is 57.9 Å². The van der Waals surface area contributed by atoms with E-state index in [4.69, 9.17) is 4.74 Å². The molecule has 3 heterocycles. The Morgan fingerprint density at radius 2 is 2.09 bits per heavy atom. The maximum absolute atomic E-state index is 11.8. The van der Waals surface area contributed by atoms with E-state index in [2.05, 4.69) is 27.2 Å². The van der Waals surface area contributed by atoms with E-state index >= 15 is 0 Å². The second kappa shape index (κ2) is 6.34. The molecule has 7 nitrogen and oxygen atoms in total. The third-order valence-corrected chi connectivity index (χ3v) is 4.58. The Balaban J connectivity index is 1.73. The number of hydrogen-bond donors (Lipinski definition) is 1. The first-order valence-corrected chi connectivity index (χ1v) is 8.14. The summed E-state index contributed by atoms with van der Waals surface area (Å²) in [6.45, 7) is 9.49. The summed E-state index contributed by atoms with van der Waals surface area (Å²) < 4.78 is 7.43. The van der Waals surface area contributed by atoms with Gasteiger partial charge in [0.05, 0.1) is 19.3 Å². The van der Waals surface area contributed by atoms with Crippen LogP contribution in [0, 0.1) is 5.92 Å². The molecule has 0 aliphatic carbocycles. The standard InChI is InChI=1S/C15H25N5O2/c1-10(2)14(21)17-15-16-13-5-4-12(11(3)20(13)18-15)19-6-8-22-9-7-19/h10-12H,4-9H2,1-3H3,(H,17,18,21). The number of aryl methyl sites for hydroxylation is 1. The largest absolute Gasteiger partial charge is 0.379 e. The number of carbonyl (C=O) groups excluding carboxylic acids is 1. The number of hydrogen-bond acceptors (Lipinski definition) is 5. The van der Waals surface area contributed by atoms with Gasteiger partial charge in [-0.1, -0.05) is 13.8 Å². The van der Waals surface area contributed by atoms with Gasteiger partial charge in [0, 0.05) is 31.5 Å². The molecule has 7 heteroatoms. The van der Waals surface area contributed by atoms with Crippen LogP contribution in [0.2, 0.25) is 0 Å². The fourth-order valence-electron chi connectivity index (χ4n) is 3.24. The number of nitrogens with one attached hydrogen (secondary N) is 1. The number of ether oxygens (including phenoxy) is 1. The molecule has 2 atom stereocenters. The molecule has 0 spiro atoms. The zero-order valence-electron chi connectivity index (χ0n) is 13.6. The summed E-state index contributed by atoms with van der Waals surface area (Å²) in [5.74, 6) is 1.29. The zero-order chi connectivity index (χ0) is 15.7. The second-order valence-electron chi connectivity index (χ2n) is 6.44. The molecule has 1 aromatic heterocycles. The quantitative estimate of drug-likeness (QED) is 0.905. The van der Waals surface area contributed by atoms with Crippen molar-refractivity contribution in [1.29, 1.82) is 0 Å². The number of nitrogens with zero attached hydrogens (tertiary/aromatic N) is 4. The Morgan fingerprint density at radius 3 is 2.77 bits per heavy atom. The molecule has 0 radical (unpaired) electrons. The minimum absolute atomic E-state index is 0.0414. The average Bonchev–Trinajstić information content (AvgIpc) is 2.92. The maximum Gasteiger partial charge on any atom is 0.249 e. The molecule has 2 aliphatic rings. The van der Waals surface area contributed by atoms with E-state index in [0.29, 0.717) is 12.0 Å². The Labute approximate surface area is 131 Å². The molecule has 1 fully saturated rings. The van der Waals surface area contributed by atoms with Crippen molar-refractivity contribution in [3.63, 3.8) is 0 Å². The van der Waals surface area contributed by atoms with E-state index in [1.165, 1.54) is 0 Å². The molecule has 1 saturated heterocycles. The summed E-state index contributed by atoms with van der Waals surface area (Å²) in [4.78, 5) is 18.8. The lowest BCUT2D eigenvalue weighted by molar-refractivity contribution is -0.118. The van der Waals surface area contributed by atoms with Gasteiger partial charge in [-0.15, -0.1) is 5.10 Å². The van der Waals surface area contributed by atoms with Gasteiger partial charge in [-0.25, -0.2) is 4.68 Å². The fourth-order valence-corrected chi connectivity index (χ4v) is 3.24. The van der Waals surface area contributed by atoms with Gasteiger partial charge in [-0.2, -0.15) is 4.98 Å². The molecule has 1 N–H and O–H groups in total. The molecule has 0 saturated carbocycles. The number of anilines is 1. The van der Waals surface area contributed by atoms with Crippen LogP contribution >= 0.6 is 0 Å². The summed E-state index contributed by atoms with van der Waals surface area (Å²) in [5.41, 5.74) is 0. The van der Waals surface area contributed by atoms with Gasteiger partial charge in [-0.05, 0) is 13.3 Å². The number of morpholine rings is 1. The van der Waals surface area contributed by atoms with Crippen molar-refractivity contribution in [1.82, 2.24) is 19.7 Å². The normalized spacial score (nSPS) is 26.0. The van der Waals surface area contributed by atoms with Crippen molar-refractivity contribution in [3.8, 4) is 0 Å². The number of amides is 1. The summed E-state index contributed by atoms with van der Waals surface area (Å²) in [6.07, 6.45) is 1.98. The summed E-state index contributed by atoms with van der Waals surface area (Å²) in [6, 6.07) is 0.728. The molecule has 122 valence electrons. The Bertz CT molecular complexity index is 536. The molecule has 0 aromatic carbocycles. The van der Waals surface area contributed by atoms with Crippen LogP contribution in [0.1, 0.15) is 39.1 Å². The van der Waals surface area contributed by atoms with Gasteiger partial charge < -0.3 is 4.74 Å². The minimum Gasteiger partial charge on any atom is -0.379 e. The first-order valence-electron chi connectivity index (χ1n) is 8.14. The predicted octanol–water partition coefficient (Wildman–Crippen LogP) is 1.08. The smallest absolute Gasteiger partial charge is 0.249 e. The third-order valence-electron chi connectivity index (χ3n) is 4.58. The topological polar surface area (TPSA) is 72.3 Å². The predicted molar refractivity (Wildman–Crippen MR) is 82.7 cm³/mol. The molecule has 2 unspecified atom stereocenters. The highest BCUT2D eigenvalue weighted by molar-refractivity contribution is 5.90. The molecule has 0 bridgehead atoms.